The molecular formula is C12H22BrNO3S. The average Bonchev–Trinajstić information content (AvgIpc) is 2.35. The number of carbonyl (C=O) groups is 1. The van der Waals surface area contributed by atoms with Crippen LogP contribution in [0, 0.1) is 5.41 Å². The second-order valence-electron chi connectivity index (χ2n) is 5.38. The van der Waals surface area contributed by atoms with Gasteiger partial charge in [-0.1, -0.05) is 35.2 Å². The SMILES string of the molecule is CC(C(=O)NCC1(CBr)CCCCC1)S(C)(=O)=O. The largest absolute Gasteiger partial charge is 0.354 e. The third-order valence-corrected chi connectivity index (χ3v) is 6.53. The molecule has 18 heavy (non-hydrogen) atoms. The van der Waals surface area contributed by atoms with Gasteiger partial charge in [-0.05, 0) is 25.2 Å². The molecule has 106 valence electrons. The number of sulfone groups is 1. The van der Waals surface area contributed by atoms with E-state index >= 15 is 0 Å². The molecule has 0 heterocycles. The van der Waals surface area contributed by atoms with Crippen molar-refractivity contribution in [1.82, 2.24) is 5.32 Å². The minimum absolute atomic E-state index is 0.102. The Morgan fingerprint density at radius 2 is 1.89 bits per heavy atom. The first-order valence-electron chi connectivity index (χ1n) is 6.33. The van der Waals surface area contributed by atoms with E-state index in [1.165, 1.54) is 26.2 Å². The number of hydrogen-bond donors (Lipinski definition) is 1. The van der Waals surface area contributed by atoms with Gasteiger partial charge in [0.15, 0.2) is 9.84 Å². The summed E-state index contributed by atoms with van der Waals surface area (Å²) in [6, 6.07) is 0. The zero-order valence-corrected chi connectivity index (χ0v) is 13.4. The quantitative estimate of drug-likeness (QED) is 0.778. The van der Waals surface area contributed by atoms with Crippen LogP contribution in [0.3, 0.4) is 0 Å². The van der Waals surface area contributed by atoms with E-state index in [0.717, 1.165) is 24.4 Å². The Hall–Kier alpha value is -0.100. The molecule has 1 rings (SSSR count). The van der Waals surface area contributed by atoms with Gasteiger partial charge in [-0.15, -0.1) is 0 Å². The van der Waals surface area contributed by atoms with E-state index in [1.807, 2.05) is 0 Å². The van der Waals surface area contributed by atoms with E-state index in [9.17, 15) is 13.2 Å². The molecule has 0 aromatic carbocycles. The zero-order valence-electron chi connectivity index (χ0n) is 11.0. The predicted octanol–water partition coefficient (Wildman–Crippen LogP) is 1.88. The van der Waals surface area contributed by atoms with Gasteiger partial charge in [0.2, 0.25) is 5.91 Å². The van der Waals surface area contributed by atoms with Gasteiger partial charge in [0.25, 0.3) is 0 Å². The minimum atomic E-state index is -3.31. The summed E-state index contributed by atoms with van der Waals surface area (Å²) in [5.41, 5.74) is 0.102. The molecule has 1 aliphatic carbocycles. The molecule has 0 bridgehead atoms. The van der Waals surface area contributed by atoms with Crippen LogP contribution < -0.4 is 5.32 Å². The molecule has 6 heteroatoms. The Labute approximate surface area is 118 Å². The molecule has 1 aliphatic rings. The fourth-order valence-electron chi connectivity index (χ4n) is 2.27. The third kappa shape index (κ3) is 4.23. The van der Waals surface area contributed by atoms with Gasteiger partial charge in [0, 0.05) is 18.1 Å². The highest BCUT2D eigenvalue weighted by molar-refractivity contribution is 9.09. The van der Waals surface area contributed by atoms with Crippen molar-refractivity contribution in [3.63, 3.8) is 0 Å². The van der Waals surface area contributed by atoms with Crippen molar-refractivity contribution < 1.29 is 13.2 Å². The van der Waals surface area contributed by atoms with E-state index in [4.69, 9.17) is 0 Å². The van der Waals surface area contributed by atoms with Crippen molar-refractivity contribution in [2.45, 2.75) is 44.3 Å². The zero-order chi connectivity index (χ0) is 13.8. The van der Waals surface area contributed by atoms with Crippen LogP contribution >= 0.6 is 15.9 Å². The number of amides is 1. The van der Waals surface area contributed by atoms with Gasteiger partial charge < -0.3 is 5.32 Å². The van der Waals surface area contributed by atoms with Crippen molar-refractivity contribution in [3.8, 4) is 0 Å². The number of carbonyl (C=O) groups excluding carboxylic acids is 1. The Kier molecular flexibility index (Phi) is 5.65. The lowest BCUT2D eigenvalue weighted by atomic mass is 9.75. The van der Waals surface area contributed by atoms with Crippen LogP contribution in [0.5, 0.6) is 0 Å². The van der Waals surface area contributed by atoms with E-state index in [2.05, 4.69) is 21.2 Å². The molecule has 1 fully saturated rings. The Bertz CT molecular complexity index is 388. The highest BCUT2D eigenvalue weighted by Gasteiger charge is 2.32. The van der Waals surface area contributed by atoms with Crippen LogP contribution in [0.4, 0.5) is 0 Å². The fraction of sp³-hybridized carbons (Fsp3) is 0.917. The first-order valence-corrected chi connectivity index (χ1v) is 9.41. The highest BCUT2D eigenvalue weighted by Crippen LogP contribution is 2.37. The smallest absolute Gasteiger partial charge is 0.238 e. The van der Waals surface area contributed by atoms with E-state index < -0.39 is 15.1 Å². The summed E-state index contributed by atoms with van der Waals surface area (Å²) in [5.74, 6) is -0.386. The molecule has 0 aliphatic heterocycles. The first kappa shape index (κ1) is 16.0. The summed E-state index contributed by atoms with van der Waals surface area (Å²) in [5, 5.41) is 2.69. The van der Waals surface area contributed by atoms with Gasteiger partial charge >= 0.3 is 0 Å². The summed E-state index contributed by atoms with van der Waals surface area (Å²) >= 11 is 3.53. The van der Waals surface area contributed by atoms with Crippen molar-refractivity contribution >= 4 is 31.7 Å². The maximum absolute atomic E-state index is 11.8. The van der Waals surface area contributed by atoms with Gasteiger partial charge in [-0.2, -0.15) is 0 Å². The van der Waals surface area contributed by atoms with Crippen LogP contribution in [0.15, 0.2) is 0 Å². The van der Waals surface area contributed by atoms with Gasteiger partial charge in [-0.25, -0.2) is 8.42 Å². The second-order valence-corrected chi connectivity index (χ2v) is 8.31. The topological polar surface area (TPSA) is 63.2 Å². The van der Waals surface area contributed by atoms with Crippen LogP contribution in [-0.4, -0.2) is 37.7 Å². The third-order valence-electron chi connectivity index (χ3n) is 3.85. The molecule has 0 spiro atoms. The molecule has 1 saturated carbocycles. The highest BCUT2D eigenvalue weighted by atomic mass is 79.9. The summed E-state index contributed by atoms with van der Waals surface area (Å²) < 4.78 is 22.6. The lowest BCUT2D eigenvalue weighted by Gasteiger charge is -2.36. The molecular weight excluding hydrogens is 318 g/mol. The van der Waals surface area contributed by atoms with Gasteiger partial charge in [0.05, 0.1) is 0 Å². The second kappa shape index (κ2) is 6.37. The van der Waals surface area contributed by atoms with Crippen molar-refractivity contribution in [2.75, 3.05) is 18.1 Å². The Morgan fingerprint density at radius 1 is 1.33 bits per heavy atom. The lowest BCUT2D eigenvalue weighted by molar-refractivity contribution is -0.121. The van der Waals surface area contributed by atoms with Crippen LogP contribution in [0.25, 0.3) is 0 Å². The molecule has 1 N–H and O–H groups in total. The molecule has 1 unspecified atom stereocenters. The normalized spacial score (nSPS) is 21.3. The summed E-state index contributed by atoms with van der Waals surface area (Å²) in [6.07, 6.45) is 6.89. The maximum Gasteiger partial charge on any atom is 0.238 e. The fourth-order valence-corrected chi connectivity index (χ4v) is 3.50. The molecule has 0 aromatic heterocycles. The van der Waals surface area contributed by atoms with Crippen LogP contribution in [-0.2, 0) is 14.6 Å². The average molecular weight is 340 g/mol. The van der Waals surface area contributed by atoms with E-state index in [0.29, 0.717) is 6.54 Å². The molecule has 0 radical (unpaired) electrons. The van der Waals surface area contributed by atoms with Gasteiger partial charge in [0.1, 0.15) is 5.25 Å². The summed E-state index contributed by atoms with van der Waals surface area (Å²) in [4.78, 5) is 11.8. The maximum atomic E-state index is 11.8. The Morgan fingerprint density at radius 3 is 2.33 bits per heavy atom. The number of rotatable bonds is 5. The number of hydrogen-bond acceptors (Lipinski definition) is 3. The first-order chi connectivity index (χ1) is 8.31. The molecule has 1 atom stereocenters. The van der Waals surface area contributed by atoms with Crippen molar-refractivity contribution in [2.24, 2.45) is 5.41 Å². The molecule has 0 aromatic rings. The van der Waals surface area contributed by atoms with E-state index in [-0.39, 0.29) is 11.3 Å². The van der Waals surface area contributed by atoms with Crippen molar-refractivity contribution in [3.05, 3.63) is 0 Å². The van der Waals surface area contributed by atoms with Crippen LogP contribution in [0.2, 0.25) is 0 Å². The monoisotopic (exact) mass is 339 g/mol. The Balaban J connectivity index is 2.55. The number of nitrogens with one attached hydrogen (secondary N) is 1. The van der Waals surface area contributed by atoms with E-state index in [1.54, 1.807) is 0 Å². The minimum Gasteiger partial charge on any atom is -0.354 e. The number of halogens is 1. The molecule has 1 amide bonds. The summed E-state index contributed by atoms with van der Waals surface area (Å²) in [6.45, 7) is 2.00. The molecule has 4 nitrogen and oxygen atoms in total. The standard InChI is InChI=1S/C12H22BrNO3S/c1-10(18(2,16)17)11(15)14-9-12(8-13)6-4-3-5-7-12/h10H,3-9H2,1-2H3,(H,14,15). The predicted molar refractivity (Wildman–Crippen MR) is 76.6 cm³/mol. The van der Waals surface area contributed by atoms with Gasteiger partial charge in [-0.3, -0.25) is 4.79 Å². The van der Waals surface area contributed by atoms with Crippen LogP contribution in [0.1, 0.15) is 39.0 Å². The summed E-state index contributed by atoms with van der Waals surface area (Å²) in [7, 11) is -3.31. The number of alkyl halides is 1. The molecule has 0 saturated heterocycles. The van der Waals surface area contributed by atoms with Crippen molar-refractivity contribution in [1.29, 1.82) is 0 Å². The lowest BCUT2D eigenvalue weighted by Crippen LogP contribution is -2.44.